The van der Waals surface area contributed by atoms with Crippen LogP contribution in [0.5, 0.6) is 0 Å². The van der Waals surface area contributed by atoms with Crippen LogP contribution in [0, 0.1) is 5.82 Å². The van der Waals surface area contributed by atoms with Crippen molar-refractivity contribution >= 4 is 16.9 Å². The van der Waals surface area contributed by atoms with Crippen molar-refractivity contribution in [1.82, 2.24) is 20.3 Å². The average molecular weight is 494 g/mol. The number of aromatic nitrogens is 3. The smallest absolute Gasteiger partial charge is 0.223 e. The number of hydrogen-bond donors (Lipinski definition) is 3. The number of benzene rings is 1. The molecule has 1 aliphatic heterocycles. The molecule has 0 spiro atoms. The van der Waals surface area contributed by atoms with Crippen molar-refractivity contribution in [2.45, 2.75) is 83.0 Å². The predicted octanol–water partition coefficient (Wildman–Crippen LogP) is 4.94. The van der Waals surface area contributed by atoms with Gasteiger partial charge in [0.05, 0.1) is 30.5 Å². The van der Waals surface area contributed by atoms with Gasteiger partial charge in [0.25, 0.3) is 0 Å². The molecule has 2 fully saturated rings. The molecule has 3 N–H and O–H groups in total. The van der Waals surface area contributed by atoms with Crippen LogP contribution in [0.25, 0.3) is 22.2 Å². The normalized spacial score (nSPS) is 21.2. The molecular formula is C28H36FN5O2. The number of halogens is 1. The highest BCUT2D eigenvalue weighted by atomic mass is 19.1. The van der Waals surface area contributed by atoms with E-state index in [1.165, 1.54) is 49.4 Å². The zero-order valence-corrected chi connectivity index (χ0v) is 21.1. The van der Waals surface area contributed by atoms with Crippen molar-refractivity contribution in [2.24, 2.45) is 0 Å². The van der Waals surface area contributed by atoms with E-state index in [1.807, 2.05) is 24.4 Å². The summed E-state index contributed by atoms with van der Waals surface area (Å²) in [5.74, 6) is 0.100. The van der Waals surface area contributed by atoms with Crippen LogP contribution >= 0.6 is 0 Å². The standard InChI is InChI=1S/C28H36FN5O2/c1-17(2)26-19(13-30-20-6-4-3-5-7-20)14-31-23-9-8-18(12-21(23)26)27-22(29)15-32-28(34-27)33-24-10-11-36-16-25(24)35/h8-9,12,14-15,17,20,24-25,30,35H,3-7,10-11,13,16H2,1-2H3,(H,32,33,34)/t24-,25-/m1/s1. The number of ether oxygens (including phenoxy) is 1. The summed E-state index contributed by atoms with van der Waals surface area (Å²) >= 11 is 0. The Kier molecular flexibility index (Phi) is 7.74. The van der Waals surface area contributed by atoms with E-state index in [-0.39, 0.29) is 24.3 Å². The Bertz CT molecular complexity index is 1200. The quantitative estimate of drug-likeness (QED) is 0.429. The molecule has 3 heterocycles. The molecule has 2 aliphatic rings. The molecule has 1 saturated heterocycles. The van der Waals surface area contributed by atoms with Gasteiger partial charge in [-0.15, -0.1) is 0 Å². The molecule has 0 bridgehead atoms. The molecule has 36 heavy (non-hydrogen) atoms. The van der Waals surface area contributed by atoms with Crippen LogP contribution in [0.4, 0.5) is 10.3 Å². The van der Waals surface area contributed by atoms with Gasteiger partial charge in [-0.3, -0.25) is 4.98 Å². The number of anilines is 1. The summed E-state index contributed by atoms with van der Waals surface area (Å²) in [4.78, 5) is 13.3. The molecule has 1 aromatic carbocycles. The largest absolute Gasteiger partial charge is 0.389 e. The van der Waals surface area contributed by atoms with Gasteiger partial charge in [0.15, 0.2) is 5.82 Å². The van der Waals surface area contributed by atoms with Crippen molar-refractivity contribution in [1.29, 1.82) is 0 Å². The minimum absolute atomic E-state index is 0.232. The Morgan fingerprint density at radius 3 is 2.72 bits per heavy atom. The molecular weight excluding hydrogens is 457 g/mol. The van der Waals surface area contributed by atoms with Crippen molar-refractivity contribution in [3.05, 3.63) is 47.5 Å². The molecule has 1 aliphatic carbocycles. The summed E-state index contributed by atoms with van der Waals surface area (Å²) in [6, 6.07) is 6.13. The van der Waals surface area contributed by atoms with E-state index in [4.69, 9.17) is 9.72 Å². The van der Waals surface area contributed by atoms with Gasteiger partial charge in [-0.1, -0.05) is 39.2 Å². The molecule has 0 unspecified atom stereocenters. The third-order valence-electron chi connectivity index (χ3n) is 7.41. The van der Waals surface area contributed by atoms with Gasteiger partial charge in [0.2, 0.25) is 5.95 Å². The van der Waals surface area contributed by atoms with E-state index in [9.17, 15) is 9.50 Å². The van der Waals surface area contributed by atoms with Crippen LogP contribution in [0.2, 0.25) is 0 Å². The fourth-order valence-electron chi connectivity index (χ4n) is 5.48. The molecule has 2 atom stereocenters. The second kappa shape index (κ2) is 11.2. The second-order valence-electron chi connectivity index (χ2n) is 10.4. The molecule has 3 aromatic rings. The number of rotatable bonds is 7. The Morgan fingerprint density at radius 1 is 1.11 bits per heavy atom. The third-order valence-corrected chi connectivity index (χ3v) is 7.41. The summed E-state index contributed by atoms with van der Waals surface area (Å²) in [6.45, 7) is 5.99. The van der Waals surface area contributed by atoms with Crippen molar-refractivity contribution in [2.75, 3.05) is 18.5 Å². The Labute approximate surface area is 211 Å². The van der Waals surface area contributed by atoms with Gasteiger partial charge < -0.3 is 20.5 Å². The first-order valence-electron chi connectivity index (χ1n) is 13.2. The number of nitrogens with one attached hydrogen (secondary N) is 2. The fraction of sp³-hybridized carbons (Fsp3) is 0.536. The molecule has 7 nitrogen and oxygen atoms in total. The first-order valence-corrected chi connectivity index (χ1v) is 13.2. The maximum Gasteiger partial charge on any atom is 0.223 e. The van der Waals surface area contributed by atoms with Gasteiger partial charge in [-0.05, 0) is 48.4 Å². The number of aliphatic hydroxyl groups is 1. The monoisotopic (exact) mass is 493 g/mol. The summed E-state index contributed by atoms with van der Waals surface area (Å²) < 4.78 is 20.2. The molecule has 1 saturated carbocycles. The number of nitrogens with zero attached hydrogens (tertiary/aromatic N) is 3. The molecule has 0 amide bonds. The van der Waals surface area contributed by atoms with E-state index in [0.29, 0.717) is 30.6 Å². The van der Waals surface area contributed by atoms with E-state index in [2.05, 4.69) is 34.4 Å². The highest BCUT2D eigenvalue weighted by Crippen LogP contribution is 2.32. The van der Waals surface area contributed by atoms with E-state index < -0.39 is 11.9 Å². The lowest BCUT2D eigenvalue weighted by Gasteiger charge is -2.28. The molecule has 2 aromatic heterocycles. The van der Waals surface area contributed by atoms with E-state index in [1.54, 1.807) is 0 Å². The molecule has 192 valence electrons. The minimum atomic E-state index is -0.656. The highest BCUT2D eigenvalue weighted by molar-refractivity contribution is 5.88. The van der Waals surface area contributed by atoms with Gasteiger partial charge in [0, 0.05) is 36.3 Å². The van der Waals surface area contributed by atoms with E-state index in [0.717, 1.165) is 17.4 Å². The maximum atomic E-state index is 14.9. The van der Waals surface area contributed by atoms with Crippen LogP contribution in [0.1, 0.15) is 69.4 Å². The predicted molar refractivity (Wildman–Crippen MR) is 139 cm³/mol. The number of hydrogen-bond acceptors (Lipinski definition) is 7. The summed E-state index contributed by atoms with van der Waals surface area (Å²) in [7, 11) is 0. The van der Waals surface area contributed by atoms with E-state index >= 15 is 0 Å². The third kappa shape index (κ3) is 5.51. The van der Waals surface area contributed by atoms with Crippen LogP contribution in [-0.4, -0.2) is 51.5 Å². The Hall–Kier alpha value is -2.68. The SMILES string of the molecule is CC(C)c1c(CNC2CCCCC2)cnc2ccc(-c3nc(N[C@@H]4CCOC[C@H]4O)ncc3F)cc12. The lowest BCUT2D eigenvalue weighted by Crippen LogP contribution is -2.42. The summed E-state index contributed by atoms with van der Waals surface area (Å²) in [5.41, 5.74) is 4.24. The van der Waals surface area contributed by atoms with Crippen molar-refractivity contribution in [3.8, 4) is 11.3 Å². The fourth-order valence-corrected chi connectivity index (χ4v) is 5.48. The van der Waals surface area contributed by atoms with Gasteiger partial charge in [0.1, 0.15) is 5.69 Å². The number of aliphatic hydroxyl groups excluding tert-OH is 1. The van der Waals surface area contributed by atoms with Crippen LogP contribution in [0.3, 0.4) is 0 Å². The zero-order valence-electron chi connectivity index (χ0n) is 21.1. The van der Waals surface area contributed by atoms with Gasteiger partial charge >= 0.3 is 0 Å². The zero-order chi connectivity index (χ0) is 25.1. The minimum Gasteiger partial charge on any atom is -0.389 e. The van der Waals surface area contributed by atoms with Crippen molar-refractivity contribution < 1.29 is 14.2 Å². The second-order valence-corrected chi connectivity index (χ2v) is 10.4. The Balaban J connectivity index is 1.46. The first-order chi connectivity index (χ1) is 17.5. The van der Waals surface area contributed by atoms with Crippen LogP contribution in [0.15, 0.2) is 30.6 Å². The Morgan fingerprint density at radius 2 is 1.94 bits per heavy atom. The van der Waals surface area contributed by atoms with Crippen molar-refractivity contribution in [3.63, 3.8) is 0 Å². The lowest BCUT2D eigenvalue weighted by molar-refractivity contribution is -0.0136. The summed E-state index contributed by atoms with van der Waals surface area (Å²) in [5, 5.41) is 18.1. The average Bonchev–Trinajstić information content (AvgIpc) is 2.89. The highest BCUT2D eigenvalue weighted by Gasteiger charge is 2.25. The number of pyridine rings is 1. The molecule has 5 rings (SSSR count). The topological polar surface area (TPSA) is 92.2 Å². The molecule has 8 heteroatoms. The first kappa shape index (κ1) is 25.0. The summed E-state index contributed by atoms with van der Waals surface area (Å²) in [6.07, 6.45) is 9.54. The molecule has 0 radical (unpaired) electrons. The lowest BCUT2D eigenvalue weighted by atomic mass is 9.91. The van der Waals surface area contributed by atoms with Gasteiger partial charge in [-0.2, -0.15) is 0 Å². The van der Waals surface area contributed by atoms with Crippen LogP contribution in [-0.2, 0) is 11.3 Å². The number of fused-ring (bicyclic) bond motifs is 1. The van der Waals surface area contributed by atoms with Crippen LogP contribution < -0.4 is 10.6 Å². The van der Waals surface area contributed by atoms with Gasteiger partial charge in [-0.25, -0.2) is 14.4 Å². The maximum absolute atomic E-state index is 14.9.